The van der Waals surface area contributed by atoms with E-state index in [9.17, 15) is 13.2 Å². The van der Waals surface area contributed by atoms with Gasteiger partial charge in [-0.05, 0) is 36.8 Å². The lowest BCUT2D eigenvalue weighted by molar-refractivity contribution is 0.0905. The summed E-state index contributed by atoms with van der Waals surface area (Å²) in [6.45, 7) is 1.86. The van der Waals surface area contributed by atoms with Crippen molar-refractivity contribution in [2.75, 3.05) is 14.1 Å². The fourth-order valence-electron chi connectivity index (χ4n) is 2.50. The van der Waals surface area contributed by atoms with E-state index in [-0.39, 0.29) is 22.7 Å². The largest absolute Gasteiger partial charge is 0.412 e. The summed E-state index contributed by atoms with van der Waals surface area (Å²) in [5.74, 6) is -0.518. The first kappa shape index (κ1) is 19.7. The predicted molar refractivity (Wildman–Crippen MR) is 103 cm³/mol. The number of sulfonamides is 1. The molecule has 1 atom stereocenters. The van der Waals surface area contributed by atoms with Crippen molar-refractivity contribution < 1.29 is 17.6 Å². The van der Waals surface area contributed by atoms with Gasteiger partial charge in [0.1, 0.15) is 0 Å². The van der Waals surface area contributed by atoms with Gasteiger partial charge in [-0.2, -0.15) is 0 Å². The van der Waals surface area contributed by atoms with Crippen molar-refractivity contribution in [1.29, 1.82) is 0 Å². The molecule has 1 aromatic heterocycles. The SMILES string of the molecule is CC(NC(=O)c1nnc(-c2ccc(S(=O)(=O)N(C)C)cc2)o1)c1ccccc1. The van der Waals surface area contributed by atoms with Gasteiger partial charge in [-0.15, -0.1) is 10.2 Å². The van der Waals surface area contributed by atoms with Crippen LogP contribution in [0.2, 0.25) is 0 Å². The second-order valence-corrected chi connectivity index (χ2v) is 8.48. The van der Waals surface area contributed by atoms with E-state index in [1.807, 2.05) is 37.3 Å². The van der Waals surface area contributed by atoms with Crippen molar-refractivity contribution >= 4 is 15.9 Å². The lowest BCUT2D eigenvalue weighted by Gasteiger charge is -2.12. The second kappa shape index (κ2) is 7.91. The molecule has 3 rings (SSSR count). The number of carbonyl (C=O) groups excluding carboxylic acids is 1. The Bertz CT molecular complexity index is 1060. The van der Waals surface area contributed by atoms with Crippen LogP contribution >= 0.6 is 0 Å². The number of nitrogens with one attached hydrogen (secondary N) is 1. The van der Waals surface area contributed by atoms with E-state index in [2.05, 4.69) is 15.5 Å². The topological polar surface area (TPSA) is 105 Å². The minimum Gasteiger partial charge on any atom is -0.412 e. The standard InChI is InChI=1S/C19H20N4O4S/c1-13(14-7-5-4-6-8-14)20-17(24)19-22-21-18(27-19)15-9-11-16(12-10-15)28(25,26)23(2)3/h4-13H,1-3H3,(H,20,24). The lowest BCUT2D eigenvalue weighted by atomic mass is 10.1. The molecular weight excluding hydrogens is 380 g/mol. The lowest BCUT2D eigenvalue weighted by Crippen LogP contribution is -2.26. The molecule has 0 saturated heterocycles. The number of hydrogen-bond donors (Lipinski definition) is 1. The smallest absolute Gasteiger partial charge is 0.309 e. The van der Waals surface area contributed by atoms with E-state index >= 15 is 0 Å². The molecule has 1 heterocycles. The summed E-state index contributed by atoms with van der Waals surface area (Å²) in [4.78, 5) is 12.5. The second-order valence-electron chi connectivity index (χ2n) is 6.33. The first-order valence-corrected chi connectivity index (χ1v) is 9.95. The maximum absolute atomic E-state index is 12.3. The fourth-order valence-corrected chi connectivity index (χ4v) is 3.40. The Hall–Kier alpha value is -3.04. The molecule has 0 aliphatic carbocycles. The average Bonchev–Trinajstić information content (AvgIpc) is 3.19. The van der Waals surface area contributed by atoms with Crippen molar-refractivity contribution in [1.82, 2.24) is 19.8 Å². The van der Waals surface area contributed by atoms with Gasteiger partial charge in [0.2, 0.25) is 15.9 Å². The third-order valence-electron chi connectivity index (χ3n) is 4.15. The molecule has 0 aliphatic heterocycles. The molecule has 3 aromatic rings. The molecule has 1 amide bonds. The van der Waals surface area contributed by atoms with Gasteiger partial charge < -0.3 is 9.73 Å². The zero-order valence-electron chi connectivity index (χ0n) is 15.7. The van der Waals surface area contributed by atoms with Crippen LogP contribution in [0.15, 0.2) is 63.9 Å². The van der Waals surface area contributed by atoms with E-state index in [4.69, 9.17) is 4.42 Å². The van der Waals surface area contributed by atoms with Crippen molar-refractivity contribution in [3.8, 4) is 11.5 Å². The van der Waals surface area contributed by atoms with Crippen LogP contribution in [0.1, 0.15) is 29.2 Å². The Morgan fingerprint density at radius 2 is 1.68 bits per heavy atom. The number of rotatable bonds is 6. The van der Waals surface area contributed by atoms with Crippen LogP contribution in [0.3, 0.4) is 0 Å². The molecule has 8 nitrogen and oxygen atoms in total. The minimum absolute atomic E-state index is 0.131. The zero-order chi connectivity index (χ0) is 20.3. The van der Waals surface area contributed by atoms with Gasteiger partial charge in [0.05, 0.1) is 10.9 Å². The van der Waals surface area contributed by atoms with E-state index < -0.39 is 15.9 Å². The molecule has 1 unspecified atom stereocenters. The van der Waals surface area contributed by atoms with E-state index in [0.29, 0.717) is 5.56 Å². The highest BCUT2D eigenvalue weighted by atomic mass is 32.2. The molecule has 0 aliphatic rings. The summed E-state index contributed by atoms with van der Waals surface area (Å²) >= 11 is 0. The highest BCUT2D eigenvalue weighted by Crippen LogP contribution is 2.22. The molecular formula is C19H20N4O4S. The maximum Gasteiger partial charge on any atom is 0.309 e. The van der Waals surface area contributed by atoms with Crippen molar-refractivity contribution in [3.05, 3.63) is 66.1 Å². The third kappa shape index (κ3) is 4.10. The quantitative estimate of drug-likeness (QED) is 0.681. The molecule has 1 N–H and O–H groups in total. The normalized spacial score (nSPS) is 12.7. The van der Waals surface area contributed by atoms with Gasteiger partial charge in [0, 0.05) is 19.7 Å². The average molecular weight is 400 g/mol. The van der Waals surface area contributed by atoms with Crippen LogP contribution in [0.4, 0.5) is 0 Å². The molecule has 28 heavy (non-hydrogen) atoms. The van der Waals surface area contributed by atoms with E-state index in [0.717, 1.165) is 9.87 Å². The first-order chi connectivity index (χ1) is 13.3. The van der Waals surface area contributed by atoms with E-state index in [1.54, 1.807) is 12.1 Å². The van der Waals surface area contributed by atoms with Crippen LogP contribution in [-0.4, -0.2) is 42.9 Å². The van der Waals surface area contributed by atoms with Gasteiger partial charge in [-0.1, -0.05) is 30.3 Å². The fraction of sp³-hybridized carbons (Fsp3) is 0.211. The maximum atomic E-state index is 12.3. The molecule has 9 heteroatoms. The summed E-state index contributed by atoms with van der Waals surface area (Å²) in [7, 11) is -0.600. The molecule has 146 valence electrons. The monoisotopic (exact) mass is 400 g/mol. The number of aromatic nitrogens is 2. The van der Waals surface area contributed by atoms with Crippen molar-refractivity contribution in [2.45, 2.75) is 17.9 Å². The van der Waals surface area contributed by atoms with Crippen molar-refractivity contribution in [3.63, 3.8) is 0 Å². The van der Waals surface area contributed by atoms with E-state index in [1.165, 1.54) is 26.2 Å². The van der Waals surface area contributed by atoms with Crippen LogP contribution in [0, 0.1) is 0 Å². The minimum atomic E-state index is -3.52. The summed E-state index contributed by atoms with van der Waals surface area (Å²) in [6, 6.07) is 15.3. The number of amides is 1. The first-order valence-electron chi connectivity index (χ1n) is 8.51. The zero-order valence-corrected chi connectivity index (χ0v) is 16.5. The Morgan fingerprint density at radius 3 is 2.29 bits per heavy atom. The summed E-state index contributed by atoms with van der Waals surface area (Å²) in [6.07, 6.45) is 0. The number of hydrogen-bond acceptors (Lipinski definition) is 6. The molecule has 0 fully saturated rings. The van der Waals surface area contributed by atoms with Crippen LogP contribution < -0.4 is 5.32 Å². The van der Waals surface area contributed by atoms with Gasteiger partial charge in [-0.3, -0.25) is 4.79 Å². The highest BCUT2D eigenvalue weighted by molar-refractivity contribution is 7.89. The molecule has 0 spiro atoms. The summed E-state index contributed by atoms with van der Waals surface area (Å²) in [5.41, 5.74) is 1.47. The Kier molecular flexibility index (Phi) is 5.57. The van der Waals surface area contributed by atoms with Gasteiger partial charge in [0.15, 0.2) is 0 Å². The Morgan fingerprint density at radius 1 is 1.04 bits per heavy atom. The number of benzene rings is 2. The van der Waals surface area contributed by atoms with Gasteiger partial charge >= 0.3 is 11.8 Å². The predicted octanol–water partition coefficient (Wildman–Crippen LogP) is 2.48. The Balaban J connectivity index is 1.74. The number of carbonyl (C=O) groups is 1. The van der Waals surface area contributed by atoms with Crippen LogP contribution in [-0.2, 0) is 10.0 Å². The van der Waals surface area contributed by atoms with Gasteiger partial charge in [-0.25, -0.2) is 12.7 Å². The van der Waals surface area contributed by atoms with Gasteiger partial charge in [0.25, 0.3) is 0 Å². The molecule has 0 bridgehead atoms. The summed E-state index contributed by atoms with van der Waals surface area (Å²) in [5, 5.41) is 10.5. The highest BCUT2D eigenvalue weighted by Gasteiger charge is 2.20. The number of nitrogens with zero attached hydrogens (tertiary/aromatic N) is 3. The summed E-state index contributed by atoms with van der Waals surface area (Å²) < 4.78 is 30.8. The van der Waals surface area contributed by atoms with Crippen LogP contribution in [0.5, 0.6) is 0 Å². The van der Waals surface area contributed by atoms with Crippen molar-refractivity contribution in [2.24, 2.45) is 0 Å². The molecule has 0 saturated carbocycles. The third-order valence-corrected chi connectivity index (χ3v) is 5.98. The Labute approximate surface area is 163 Å². The van der Waals surface area contributed by atoms with Crippen LogP contribution in [0.25, 0.3) is 11.5 Å². The molecule has 2 aromatic carbocycles. The molecule has 0 radical (unpaired) electrons.